The number of hydrogen-bond acceptors (Lipinski definition) is 3. The lowest BCUT2D eigenvalue weighted by molar-refractivity contribution is -0.144. The van der Waals surface area contributed by atoms with Crippen molar-refractivity contribution in [1.82, 2.24) is 4.90 Å². The van der Waals surface area contributed by atoms with Crippen molar-refractivity contribution in [1.29, 1.82) is 0 Å². The summed E-state index contributed by atoms with van der Waals surface area (Å²) >= 11 is 0. The van der Waals surface area contributed by atoms with Crippen LogP contribution in [-0.4, -0.2) is 24.5 Å². The maximum Gasteiger partial charge on any atom is 0.310 e. The monoisotopic (exact) mass is 309 g/mol. The topological polar surface area (TPSA) is 29.5 Å². The second kappa shape index (κ2) is 7.42. The number of fused-ring (bicyclic) bond motifs is 1. The van der Waals surface area contributed by atoms with Gasteiger partial charge in [-0.2, -0.15) is 0 Å². The van der Waals surface area contributed by atoms with E-state index in [4.69, 9.17) is 4.74 Å². The third kappa shape index (κ3) is 4.42. The molecule has 0 bridgehead atoms. The maximum atomic E-state index is 12.1. The average molecular weight is 309 g/mol. The van der Waals surface area contributed by atoms with Crippen LogP contribution in [0.5, 0.6) is 0 Å². The van der Waals surface area contributed by atoms with Gasteiger partial charge in [0.05, 0.1) is 6.42 Å². The minimum Gasteiger partial charge on any atom is -0.461 e. The van der Waals surface area contributed by atoms with Crippen molar-refractivity contribution in [3.05, 3.63) is 70.8 Å². The fourth-order valence-electron chi connectivity index (χ4n) is 3.05. The number of rotatable bonds is 4. The first-order valence-electron chi connectivity index (χ1n) is 8.19. The lowest BCUT2D eigenvalue weighted by Crippen LogP contribution is -2.17. The summed E-state index contributed by atoms with van der Waals surface area (Å²) in [5.74, 6) is -0.171. The summed E-state index contributed by atoms with van der Waals surface area (Å²) in [4.78, 5) is 14.4. The smallest absolute Gasteiger partial charge is 0.310 e. The van der Waals surface area contributed by atoms with Crippen molar-refractivity contribution >= 4 is 5.97 Å². The molecule has 2 aromatic rings. The Morgan fingerprint density at radius 2 is 1.91 bits per heavy atom. The van der Waals surface area contributed by atoms with Gasteiger partial charge >= 0.3 is 5.97 Å². The van der Waals surface area contributed by atoms with Gasteiger partial charge in [-0.25, -0.2) is 0 Å². The molecule has 3 nitrogen and oxygen atoms in total. The second-order valence-corrected chi connectivity index (χ2v) is 6.27. The molecule has 0 unspecified atom stereocenters. The van der Waals surface area contributed by atoms with Crippen LogP contribution in [0.25, 0.3) is 0 Å². The highest BCUT2D eigenvalue weighted by molar-refractivity contribution is 5.72. The van der Waals surface area contributed by atoms with Gasteiger partial charge in [0.25, 0.3) is 0 Å². The number of hydrogen-bond donors (Lipinski definition) is 0. The maximum absolute atomic E-state index is 12.1. The third-order valence-corrected chi connectivity index (χ3v) is 4.29. The first-order valence-corrected chi connectivity index (χ1v) is 8.19. The molecule has 0 spiro atoms. The highest BCUT2D eigenvalue weighted by Gasteiger charge is 2.13. The van der Waals surface area contributed by atoms with E-state index >= 15 is 0 Å². The Kier molecular flexibility index (Phi) is 5.09. The molecule has 0 atom stereocenters. The number of ether oxygens (including phenoxy) is 1. The third-order valence-electron chi connectivity index (χ3n) is 4.29. The fraction of sp³-hybridized carbons (Fsp3) is 0.350. The fourth-order valence-corrected chi connectivity index (χ4v) is 3.05. The summed E-state index contributed by atoms with van der Waals surface area (Å²) in [6, 6.07) is 16.2. The molecule has 1 heterocycles. The van der Waals surface area contributed by atoms with Crippen LogP contribution in [-0.2, 0) is 35.5 Å². The number of benzene rings is 2. The number of carbonyl (C=O) groups excluding carboxylic acids is 1. The summed E-state index contributed by atoms with van der Waals surface area (Å²) in [5, 5.41) is 0. The zero-order valence-corrected chi connectivity index (χ0v) is 13.6. The standard InChI is InChI=1S/C20H23NO2/c1-21-11-5-8-18-10-9-17(12-19(18)14-21)13-20(22)23-15-16-6-3-2-4-7-16/h2-4,6-7,9-10,12H,5,8,11,13-15H2,1H3. The molecule has 0 saturated carbocycles. The largest absolute Gasteiger partial charge is 0.461 e. The summed E-state index contributed by atoms with van der Waals surface area (Å²) < 4.78 is 5.37. The molecule has 0 radical (unpaired) electrons. The van der Waals surface area contributed by atoms with Crippen molar-refractivity contribution in [2.24, 2.45) is 0 Å². The lowest BCUT2D eigenvalue weighted by Gasteiger charge is -2.14. The molecule has 3 heteroatoms. The first-order chi connectivity index (χ1) is 11.2. The molecule has 0 N–H and O–H groups in total. The molecule has 0 saturated heterocycles. The lowest BCUT2D eigenvalue weighted by atomic mass is 10.00. The van der Waals surface area contributed by atoms with E-state index in [1.807, 2.05) is 30.3 Å². The molecule has 1 aliphatic rings. The molecular formula is C20H23NO2. The van der Waals surface area contributed by atoms with Crippen LogP contribution in [0, 0.1) is 0 Å². The van der Waals surface area contributed by atoms with Crippen molar-refractivity contribution in [2.75, 3.05) is 13.6 Å². The predicted molar refractivity (Wildman–Crippen MR) is 91.0 cm³/mol. The molecule has 3 rings (SSSR count). The van der Waals surface area contributed by atoms with Gasteiger partial charge in [-0.05, 0) is 48.7 Å². The minimum absolute atomic E-state index is 0.171. The molecule has 0 aliphatic carbocycles. The molecule has 0 aromatic heterocycles. The van der Waals surface area contributed by atoms with Gasteiger partial charge in [-0.15, -0.1) is 0 Å². The Bertz CT molecular complexity index is 667. The Balaban J connectivity index is 1.60. The molecule has 1 aliphatic heterocycles. The van der Waals surface area contributed by atoms with E-state index in [0.717, 1.165) is 30.6 Å². The van der Waals surface area contributed by atoms with Crippen molar-refractivity contribution in [2.45, 2.75) is 32.4 Å². The SMILES string of the molecule is CN1CCCc2ccc(CC(=O)OCc3ccccc3)cc2C1. The number of esters is 1. The van der Waals surface area contributed by atoms with E-state index in [2.05, 4.69) is 30.1 Å². The zero-order chi connectivity index (χ0) is 16.1. The molecule has 120 valence electrons. The van der Waals surface area contributed by atoms with E-state index in [1.54, 1.807) is 0 Å². The van der Waals surface area contributed by atoms with Gasteiger partial charge < -0.3 is 9.64 Å². The van der Waals surface area contributed by atoms with Gasteiger partial charge in [0.2, 0.25) is 0 Å². The number of nitrogens with zero attached hydrogens (tertiary/aromatic N) is 1. The van der Waals surface area contributed by atoms with Gasteiger partial charge in [0, 0.05) is 6.54 Å². The van der Waals surface area contributed by atoms with Crippen LogP contribution in [0.2, 0.25) is 0 Å². The van der Waals surface area contributed by atoms with E-state index in [-0.39, 0.29) is 5.97 Å². The summed E-state index contributed by atoms with van der Waals surface area (Å²) in [5.41, 5.74) is 4.82. The molecule has 0 amide bonds. The summed E-state index contributed by atoms with van der Waals surface area (Å²) in [6.07, 6.45) is 2.66. The van der Waals surface area contributed by atoms with Crippen LogP contribution in [0.1, 0.15) is 28.7 Å². The first kappa shape index (κ1) is 15.8. The molecule has 2 aromatic carbocycles. The summed E-state index contributed by atoms with van der Waals surface area (Å²) in [6.45, 7) is 2.43. The second-order valence-electron chi connectivity index (χ2n) is 6.27. The quantitative estimate of drug-likeness (QED) is 0.811. The Morgan fingerprint density at radius 1 is 1.09 bits per heavy atom. The van der Waals surface area contributed by atoms with Gasteiger partial charge in [0.15, 0.2) is 0 Å². The molecular weight excluding hydrogens is 286 g/mol. The van der Waals surface area contributed by atoms with Crippen LogP contribution in [0.4, 0.5) is 0 Å². The number of carbonyl (C=O) groups is 1. The molecule has 0 fully saturated rings. The Hall–Kier alpha value is -2.13. The van der Waals surface area contributed by atoms with E-state index < -0.39 is 0 Å². The average Bonchev–Trinajstić information content (AvgIpc) is 2.74. The zero-order valence-electron chi connectivity index (χ0n) is 13.6. The van der Waals surface area contributed by atoms with Crippen molar-refractivity contribution < 1.29 is 9.53 Å². The van der Waals surface area contributed by atoms with Crippen molar-refractivity contribution in [3.8, 4) is 0 Å². The van der Waals surface area contributed by atoms with Gasteiger partial charge in [0.1, 0.15) is 6.61 Å². The predicted octanol–water partition coefficient (Wildman–Crippen LogP) is 3.35. The van der Waals surface area contributed by atoms with E-state index in [1.165, 1.54) is 17.5 Å². The minimum atomic E-state index is -0.171. The van der Waals surface area contributed by atoms with Crippen LogP contribution >= 0.6 is 0 Å². The van der Waals surface area contributed by atoms with Crippen LogP contribution in [0.15, 0.2) is 48.5 Å². The summed E-state index contributed by atoms with van der Waals surface area (Å²) in [7, 11) is 2.15. The van der Waals surface area contributed by atoms with E-state index in [9.17, 15) is 4.79 Å². The highest BCUT2D eigenvalue weighted by atomic mass is 16.5. The van der Waals surface area contributed by atoms with Crippen molar-refractivity contribution in [3.63, 3.8) is 0 Å². The molecule has 23 heavy (non-hydrogen) atoms. The number of aryl methyl sites for hydroxylation is 1. The van der Waals surface area contributed by atoms with Crippen LogP contribution < -0.4 is 0 Å². The van der Waals surface area contributed by atoms with Gasteiger partial charge in [-0.1, -0.05) is 48.5 Å². The van der Waals surface area contributed by atoms with Gasteiger partial charge in [-0.3, -0.25) is 4.79 Å². The highest BCUT2D eigenvalue weighted by Crippen LogP contribution is 2.20. The van der Waals surface area contributed by atoms with E-state index in [0.29, 0.717) is 13.0 Å². The Labute approximate surface area is 137 Å². The Morgan fingerprint density at radius 3 is 2.74 bits per heavy atom. The van der Waals surface area contributed by atoms with Crippen LogP contribution in [0.3, 0.4) is 0 Å². The normalized spacial score (nSPS) is 14.8.